The molecule has 0 atom stereocenters. The van der Waals surface area contributed by atoms with Crippen LogP contribution in [0.3, 0.4) is 0 Å². The molecule has 76 valence electrons. The predicted octanol–water partition coefficient (Wildman–Crippen LogP) is 1.27. The van der Waals surface area contributed by atoms with Gasteiger partial charge in [0.2, 0.25) is 0 Å². The first kappa shape index (κ1) is 10.8. The van der Waals surface area contributed by atoms with Gasteiger partial charge in [-0.25, -0.2) is 0 Å². The number of nitrogens with two attached hydrogens (primary N) is 1. The van der Waals surface area contributed by atoms with E-state index in [9.17, 15) is 0 Å². The Morgan fingerprint density at radius 3 is 2.14 bits per heavy atom. The highest BCUT2D eigenvalue weighted by Gasteiger charge is 1.93. The Morgan fingerprint density at radius 1 is 1.21 bits per heavy atom. The van der Waals surface area contributed by atoms with Gasteiger partial charge in [-0.3, -0.25) is 11.3 Å². The maximum Gasteiger partial charge on any atom is 0.0397 e. The molecule has 3 heteroatoms. The van der Waals surface area contributed by atoms with Gasteiger partial charge in [-0.2, -0.15) is 0 Å². The molecule has 14 heavy (non-hydrogen) atoms. The third-order valence-corrected chi connectivity index (χ3v) is 1.92. The average Bonchev–Trinajstić information content (AvgIpc) is 2.17. The van der Waals surface area contributed by atoms with Crippen LogP contribution in [0, 0.1) is 0 Å². The summed E-state index contributed by atoms with van der Waals surface area (Å²) in [5.74, 6) is 5.22. The van der Waals surface area contributed by atoms with E-state index < -0.39 is 0 Å². The Bertz CT molecular complexity index is 290. The second kappa shape index (κ2) is 5.42. The summed E-state index contributed by atoms with van der Waals surface area (Å²) in [5.41, 5.74) is 6.04. The molecule has 0 fully saturated rings. The van der Waals surface area contributed by atoms with E-state index in [4.69, 9.17) is 5.84 Å². The number of hydrogen-bond donors (Lipinski definition) is 3. The molecule has 3 nitrogen and oxygen atoms in total. The van der Waals surface area contributed by atoms with E-state index in [1.807, 2.05) is 6.92 Å². The molecule has 0 unspecified atom stereocenters. The molecule has 0 saturated carbocycles. The zero-order valence-corrected chi connectivity index (χ0v) is 8.51. The highest BCUT2D eigenvalue weighted by Crippen LogP contribution is 2.04. The standard InChI is InChI=1S/C11H17N3/c1-9(2)13-7-10-3-5-11(6-4-10)8-14-12/h3-6,13-14H,1,7-8,12H2,2H3. The molecule has 1 rings (SSSR count). The van der Waals surface area contributed by atoms with Crippen LogP contribution in [0.5, 0.6) is 0 Å². The molecular formula is C11H17N3. The second-order valence-corrected chi connectivity index (χ2v) is 3.33. The zero-order chi connectivity index (χ0) is 10.4. The minimum Gasteiger partial charge on any atom is -0.385 e. The van der Waals surface area contributed by atoms with Crippen LogP contribution in [-0.4, -0.2) is 0 Å². The van der Waals surface area contributed by atoms with Crippen molar-refractivity contribution in [2.24, 2.45) is 5.84 Å². The van der Waals surface area contributed by atoms with Gasteiger partial charge in [-0.15, -0.1) is 0 Å². The Labute approximate surface area is 85.0 Å². The SMILES string of the molecule is C=C(C)NCc1ccc(CNN)cc1. The molecule has 0 aliphatic heterocycles. The van der Waals surface area contributed by atoms with Gasteiger partial charge in [0.1, 0.15) is 0 Å². The molecule has 1 aromatic carbocycles. The Hall–Kier alpha value is -1.32. The van der Waals surface area contributed by atoms with Crippen molar-refractivity contribution in [2.75, 3.05) is 0 Å². The van der Waals surface area contributed by atoms with E-state index in [2.05, 4.69) is 41.6 Å². The molecule has 0 saturated heterocycles. The first-order valence-electron chi connectivity index (χ1n) is 4.63. The van der Waals surface area contributed by atoms with Gasteiger partial charge in [0.25, 0.3) is 0 Å². The van der Waals surface area contributed by atoms with E-state index in [0.717, 1.165) is 12.2 Å². The van der Waals surface area contributed by atoms with Crippen molar-refractivity contribution in [3.63, 3.8) is 0 Å². The largest absolute Gasteiger partial charge is 0.385 e. The lowest BCUT2D eigenvalue weighted by atomic mass is 10.1. The lowest BCUT2D eigenvalue weighted by Crippen LogP contribution is -2.20. The maximum atomic E-state index is 5.22. The van der Waals surface area contributed by atoms with Crippen LogP contribution in [0.1, 0.15) is 18.1 Å². The summed E-state index contributed by atoms with van der Waals surface area (Å²) < 4.78 is 0. The van der Waals surface area contributed by atoms with Gasteiger partial charge in [-0.1, -0.05) is 30.8 Å². The van der Waals surface area contributed by atoms with Crippen LogP contribution < -0.4 is 16.6 Å². The second-order valence-electron chi connectivity index (χ2n) is 3.33. The summed E-state index contributed by atoms with van der Waals surface area (Å²) >= 11 is 0. The van der Waals surface area contributed by atoms with Gasteiger partial charge < -0.3 is 5.32 Å². The summed E-state index contributed by atoms with van der Waals surface area (Å²) in [6.45, 7) is 7.26. The van der Waals surface area contributed by atoms with E-state index in [0.29, 0.717) is 6.54 Å². The minimum absolute atomic E-state index is 0.703. The van der Waals surface area contributed by atoms with Crippen molar-refractivity contribution in [2.45, 2.75) is 20.0 Å². The fraction of sp³-hybridized carbons (Fsp3) is 0.273. The fourth-order valence-corrected chi connectivity index (χ4v) is 1.15. The number of hydrazine groups is 1. The molecule has 0 aliphatic rings. The van der Waals surface area contributed by atoms with Gasteiger partial charge in [0, 0.05) is 18.8 Å². The molecule has 0 aliphatic carbocycles. The summed E-state index contributed by atoms with van der Waals surface area (Å²) in [6, 6.07) is 8.30. The van der Waals surface area contributed by atoms with Crippen molar-refractivity contribution in [3.05, 3.63) is 47.7 Å². The van der Waals surface area contributed by atoms with Crippen molar-refractivity contribution >= 4 is 0 Å². The van der Waals surface area contributed by atoms with Crippen LogP contribution in [0.2, 0.25) is 0 Å². The first-order chi connectivity index (χ1) is 6.72. The topological polar surface area (TPSA) is 50.1 Å². The van der Waals surface area contributed by atoms with Gasteiger partial charge >= 0.3 is 0 Å². The number of rotatable bonds is 5. The summed E-state index contributed by atoms with van der Waals surface area (Å²) in [4.78, 5) is 0. The van der Waals surface area contributed by atoms with Gasteiger partial charge in [0.15, 0.2) is 0 Å². The maximum absolute atomic E-state index is 5.22. The number of allylic oxidation sites excluding steroid dienone is 1. The first-order valence-corrected chi connectivity index (χ1v) is 4.63. The molecule has 4 N–H and O–H groups in total. The normalized spacial score (nSPS) is 9.86. The molecular weight excluding hydrogens is 174 g/mol. The monoisotopic (exact) mass is 191 g/mol. The lowest BCUT2D eigenvalue weighted by molar-refractivity contribution is 0.740. The van der Waals surface area contributed by atoms with Crippen LogP contribution in [0.25, 0.3) is 0 Å². The van der Waals surface area contributed by atoms with Crippen LogP contribution in [0.15, 0.2) is 36.5 Å². The highest BCUT2D eigenvalue weighted by atomic mass is 15.2. The van der Waals surface area contributed by atoms with Gasteiger partial charge in [-0.05, 0) is 18.1 Å². The van der Waals surface area contributed by atoms with Crippen molar-refractivity contribution in [1.82, 2.24) is 10.7 Å². The third kappa shape index (κ3) is 3.60. The molecule has 0 aromatic heterocycles. The predicted molar refractivity (Wildman–Crippen MR) is 59.1 cm³/mol. The van der Waals surface area contributed by atoms with Gasteiger partial charge in [0.05, 0.1) is 0 Å². The lowest BCUT2D eigenvalue weighted by Gasteiger charge is -2.06. The van der Waals surface area contributed by atoms with E-state index >= 15 is 0 Å². The molecule has 0 amide bonds. The van der Waals surface area contributed by atoms with E-state index in [1.54, 1.807) is 0 Å². The fourth-order valence-electron chi connectivity index (χ4n) is 1.15. The average molecular weight is 191 g/mol. The molecule has 0 heterocycles. The molecule has 1 aromatic rings. The highest BCUT2D eigenvalue weighted by molar-refractivity contribution is 5.22. The van der Waals surface area contributed by atoms with Crippen molar-refractivity contribution in [1.29, 1.82) is 0 Å². The van der Waals surface area contributed by atoms with E-state index in [-0.39, 0.29) is 0 Å². The number of nitrogens with one attached hydrogen (secondary N) is 2. The van der Waals surface area contributed by atoms with Crippen molar-refractivity contribution < 1.29 is 0 Å². The summed E-state index contributed by atoms with van der Waals surface area (Å²) in [6.07, 6.45) is 0. The van der Waals surface area contributed by atoms with Crippen LogP contribution in [-0.2, 0) is 13.1 Å². The summed E-state index contributed by atoms with van der Waals surface area (Å²) in [5, 5.41) is 3.18. The Morgan fingerprint density at radius 2 is 1.71 bits per heavy atom. The van der Waals surface area contributed by atoms with Crippen molar-refractivity contribution in [3.8, 4) is 0 Å². The Balaban J connectivity index is 2.50. The Kier molecular flexibility index (Phi) is 4.16. The number of benzene rings is 1. The summed E-state index contributed by atoms with van der Waals surface area (Å²) in [7, 11) is 0. The minimum atomic E-state index is 0.703. The third-order valence-electron chi connectivity index (χ3n) is 1.92. The van der Waals surface area contributed by atoms with Crippen LogP contribution >= 0.6 is 0 Å². The zero-order valence-electron chi connectivity index (χ0n) is 8.51. The number of hydrogen-bond acceptors (Lipinski definition) is 3. The molecule has 0 radical (unpaired) electrons. The van der Waals surface area contributed by atoms with Crippen LogP contribution in [0.4, 0.5) is 0 Å². The quantitative estimate of drug-likeness (QED) is 0.485. The molecule has 0 spiro atoms. The molecule has 0 bridgehead atoms. The van der Waals surface area contributed by atoms with E-state index in [1.165, 1.54) is 11.1 Å². The smallest absolute Gasteiger partial charge is 0.0397 e.